The molecule has 0 bridgehead atoms. The third-order valence-electron chi connectivity index (χ3n) is 4.95. The van der Waals surface area contributed by atoms with Crippen molar-refractivity contribution in [2.45, 2.75) is 129 Å². The Labute approximate surface area is 161 Å². The Bertz CT molecular complexity index is 307. The summed E-state index contributed by atoms with van der Waals surface area (Å²) in [5, 5.41) is 19.8. The van der Waals surface area contributed by atoms with E-state index in [1.54, 1.807) is 0 Å². The highest BCUT2D eigenvalue weighted by atomic mass is 16.5. The number of esters is 1. The fourth-order valence-corrected chi connectivity index (χ4v) is 3.12. The van der Waals surface area contributed by atoms with Crippen LogP contribution in [0.5, 0.6) is 0 Å². The van der Waals surface area contributed by atoms with Gasteiger partial charge in [0.2, 0.25) is 0 Å². The minimum atomic E-state index is -1.40. The molecule has 0 saturated heterocycles. The van der Waals surface area contributed by atoms with Crippen LogP contribution in [0.15, 0.2) is 0 Å². The fraction of sp³-hybridized carbons (Fsp3) is 0.955. The Balaban J connectivity index is 3.53. The van der Waals surface area contributed by atoms with Gasteiger partial charge in [0.1, 0.15) is 0 Å². The molecule has 0 aromatic heterocycles. The molecule has 0 aliphatic heterocycles. The molecule has 0 amide bonds. The van der Waals surface area contributed by atoms with Crippen LogP contribution in [-0.2, 0) is 9.53 Å². The third-order valence-corrected chi connectivity index (χ3v) is 4.95. The van der Waals surface area contributed by atoms with Crippen molar-refractivity contribution in [1.82, 2.24) is 0 Å². The van der Waals surface area contributed by atoms with E-state index >= 15 is 0 Å². The molecular formula is C22H44O4. The molecule has 4 nitrogen and oxygen atoms in total. The average molecular weight is 373 g/mol. The molecule has 0 aromatic rings. The summed E-state index contributed by atoms with van der Waals surface area (Å²) in [6.45, 7) is 4.76. The monoisotopic (exact) mass is 372 g/mol. The lowest BCUT2D eigenvalue weighted by atomic mass is 10.0. The van der Waals surface area contributed by atoms with Crippen LogP contribution in [0, 0.1) is 0 Å². The number of hydrogen-bond acceptors (Lipinski definition) is 4. The van der Waals surface area contributed by atoms with Gasteiger partial charge in [-0.1, -0.05) is 104 Å². The first-order valence-corrected chi connectivity index (χ1v) is 11.2. The highest BCUT2D eigenvalue weighted by molar-refractivity contribution is 5.75. The molecule has 0 fully saturated rings. The molecule has 2 N–H and O–H groups in total. The van der Waals surface area contributed by atoms with Crippen LogP contribution in [0.1, 0.15) is 117 Å². The second-order valence-electron chi connectivity index (χ2n) is 7.56. The Morgan fingerprint density at radius 1 is 0.692 bits per heavy atom. The number of carbonyl (C=O) groups excluding carboxylic acids is 1. The first kappa shape index (κ1) is 25.4. The molecule has 0 spiro atoms. The maximum absolute atomic E-state index is 11.8. The van der Waals surface area contributed by atoms with Crippen molar-refractivity contribution in [2.24, 2.45) is 0 Å². The van der Waals surface area contributed by atoms with E-state index in [1.165, 1.54) is 64.2 Å². The fourth-order valence-electron chi connectivity index (χ4n) is 3.12. The van der Waals surface area contributed by atoms with E-state index in [0.29, 0.717) is 13.0 Å². The van der Waals surface area contributed by atoms with E-state index in [0.717, 1.165) is 32.1 Å². The van der Waals surface area contributed by atoms with Gasteiger partial charge in [-0.2, -0.15) is 0 Å². The van der Waals surface area contributed by atoms with E-state index in [-0.39, 0.29) is 0 Å². The van der Waals surface area contributed by atoms with Crippen molar-refractivity contribution in [1.29, 1.82) is 0 Å². The highest BCUT2D eigenvalue weighted by Crippen LogP contribution is 2.12. The van der Waals surface area contributed by atoms with E-state index < -0.39 is 18.2 Å². The summed E-state index contributed by atoms with van der Waals surface area (Å²) in [6.07, 6.45) is 15.6. The van der Waals surface area contributed by atoms with Gasteiger partial charge in [-0.25, -0.2) is 4.79 Å². The minimum Gasteiger partial charge on any atom is -0.464 e. The van der Waals surface area contributed by atoms with Crippen molar-refractivity contribution in [3.63, 3.8) is 0 Å². The molecule has 0 radical (unpaired) electrons. The lowest BCUT2D eigenvalue weighted by Crippen LogP contribution is -2.35. The standard InChI is InChI=1S/C22H44O4/c1-3-5-7-9-11-13-15-17-19-26-22(25)21(24)20(23)18-16-14-12-10-8-6-4-2/h20-21,23-24H,3-19H2,1-2H3. The minimum absolute atomic E-state index is 0.342. The molecule has 156 valence electrons. The zero-order chi connectivity index (χ0) is 19.5. The summed E-state index contributed by atoms with van der Waals surface area (Å²) < 4.78 is 5.09. The number of hydrogen-bond donors (Lipinski definition) is 2. The number of aliphatic hydroxyl groups is 2. The summed E-state index contributed by atoms with van der Waals surface area (Å²) >= 11 is 0. The van der Waals surface area contributed by atoms with Crippen molar-refractivity contribution in [2.75, 3.05) is 6.61 Å². The molecule has 2 unspecified atom stereocenters. The Morgan fingerprint density at radius 3 is 1.62 bits per heavy atom. The zero-order valence-electron chi connectivity index (χ0n) is 17.4. The van der Waals surface area contributed by atoms with E-state index in [1.807, 2.05) is 0 Å². The van der Waals surface area contributed by atoms with Gasteiger partial charge in [0.25, 0.3) is 0 Å². The number of unbranched alkanes of at least 4 members (excludes halogenated alkanes) is 13. The summed E-state index contributed by atoms with van der Waals surface area (Å²) in [7, 11) is 0. The van der Waals surface area contributed by atoms with Crippen molar-refractivity contribution < 1.29 is 19.7 Å². The summed E-state index contributed by atoms with van der Waals surface area (Å²) in [5.41, 5.74) is 0. The van der Waals surface area contributed by atoms with Gasteiger partial charge >= 0.3 is 5.97 Å². The average Bonchev–Trinajstić information content (AvgIpc) is 2.65. The van der Waals surface area contributed by atoms with Crippen molar-refractivity contribution >= 4 is 5.97 Å². The Morgan fingerprint density at radius 2 is 1.12 bits per heavy atom. The number of carbonyl (C=O) groups is 1. The van der Waals surface area contributed by atoms with Gasteiger partial charge in [-0.15, -0.1) is 0 Å². The maximum atomic E-state index is 11.8. The van der Waals surface area contributed by atoms with Gasteiger partial charge < -0.3 is 14.9 Å². The number of aliphatic hydroxyl groups excluding tert-OH is 2. The second-order valence-corrected chi connectivity index (χ2v) is 7.56. The molecule has 0 aliphatic rings. The molecule has 0 rings (SSSR count). The summed E-state index contributed by atoms with van der Waals surface area (Å²) in [6, 6.07) is 0. The molecular weight excluding hydrogens is 328 g/mol. The number of rotatable bonds is 19. The Kier molecular flexibility index (Phi) is 18.7. The van der Waals surface area contributed by atoms with Crippen LogP contribution in [0.4, 0.5) is 0 Å². The molecule has 0 saturated carbocycles. The van der Waals surface area contributed by atoms with Crippen molar-refractivity contribution in [3.8, 4) is 0 Å². The highest BCUT2D eigenvalue weighted by Gasteiger charge is 2.25. The SMILES string of the molecule is CCCCCCCCCCOC(=O)C(O)C(O)CCCCCCCCC. The first-order chi connectivity index (χ1) is 12.6. The summed E-state index contributed by atoms with van der Waals surface area (Å²) in [5.74, 6) is -0.677. The van der Waals surface area contributed by atoms with Gasteiger partial charge in [-0.3, -0.25) is 0 Å². The molecule has 26 heavy (non-hydrogen) atoms. The quantitative estimate of drug-likeness (QED) is 0.231. The van der Waals surface area contributed by atoms with Crippen molar-refractivity contribution in [3.05, 3.63) is 0 Å². The second kappa shape index (κ2) is 19.2. The van der Waals surface area contributed by atoms with Gasteiger partial charge in [-0.05, 0) is 12.8 Å². The van der Waals surface area contributed by atoms with Crippen LogP contribution in [-0.4, -0.2) is 35.0 Å². The predicted molar refractivity (Wildman–Crippen MR) is 108 cm³/mol. The predicted octanol–water partition coefficient (Wildman–Crippen LogP) is 5.53. The van der Waals surface area contributed by atoms with E-state index in [2.05, 4.69) is 13.8 Å². The van der Waals surface area contributed by atoms with Gasteiger partial charge in [0, 0.05) is 0 Å². The molecule has 4 heteroatoms. The van der Waals surface area contributed by atoms with Crippen LogP contribution in [0.3, 0.4) is 0 Å². The molecule has 0 aliphatic carbocycles. The molecule has 0 aromatic carbocycles. The van der Waals surface area contributed by atoms with Crippen LogP contribution >= 0.6 is 0 Å². The van der Waals surface area contributed by atoms with Crippen LogP contribution in [0.2, 0.25) is 0 Å². The first-order valence-electron chi connectivity index (χ1n) is 11.2. The van der Waals surface area contributed by atoms with Gasteiger partial charge in [0.15, 0.2) is 6.10 Å². The third kappa shape index (κ3) is 15.6. The maximum Gasteiger partial charge on any atom is 0.337 e. The lowest BCUT2D eigenvalue weighted by Gasteiger charge is -2.16. The topological polar surface area (TPSA) is 66.8 Å². The normalized spacial score (nSPS) is 13.5. The molecule has 0 heterocycles. The van der Waals surface area contributed by atoms with E-state index in [9.17, 15) is 15.0 Å². The zero-order valence-corrected chi connectivity index (χ0v) is 17.4. The smallest absolute Gasteiger partial charge is 0.337 e. The largest absolute Gasteiger partial charge is 0.464 e. The van der Waals surface area contributed by atoms with Crippen LogP contribution in [0.25, 0.3) is 0 Å². The Hall–Kier alpha value is -0.610. The number of ether oxygens (including phenoxy) is 1. The summed E-state index contributed by atoms with van der Waals surface area (Å²) in [4.78, 5) is 11.8. The van der Waals surface area contributed by atoms with Gasteiger partial charge in [0.05, 0.1) is 12.7 Å². The van der Waals surface area contributed by atoms with E-state index in [4.69, 9.17) is 4.74 Å². The van der Waals surface area contributed by atoms with Crippen LogP contribution < -0.4 is 0 Å². The molecule has 2 atom stereocenters. The lowest BCUT2D eigenvalue weighted by molar-refractivity contribution is -0.160.